The van der Waals surface area contributed by atoms with Crippen LogP contribution in [0, 0.1) is 11.6 Å². The molecule has 2 aromatic carbocycles. The number of ether oxygens (including phenoxy) is 3. The third-order valence-electron chi connectivity index (χ3n) is 6.91. The summed E-state index contributed by atoms with van der Waals surface area (Å²) in [6.45, 7) is 9.18. The molecule has 1 aliphatic carbocycles. The van der Waals surface area contributed by atoms with Crippen molar-refractivity contribution >= 4 is 28.8 Å². The van der Waals surface area contributed by atoms with Crippen molar-refractivity contribution in [3.05, 3.63) is 64.9 Å². The van der Waals surface area contributed by atoms with Gasteiger partial charge >= 0.3 is 18.4 Å². The van der Waals surface area contributed by atoms with Gasteiger partial charge in [0, 0.05) is 29.7 Å². The van der Waals surface area contributed by atoms with E-state index >= 15 is 4.39 Å². The van der Waals surface area contributed by atoms with E-state index in [0.29, 0.717) is 35.3 Å². The Kier molecular flexibility index (Phi) is 9.83. The number of alkyl halides is 3. The molecule has 0 atom stereocenters. The summed E-state index contributed by atoms with van der Waals surface area (Å²) >= 11 is 0. The van der Waals surface area contributed by atoms with E-state index in [1.807, 2.05) is 0 Å². The number of anilines is 1. The van der Waals surface area contributed by atoms with Gasteiger partial charge in [0.25, 0.3) is 0 Å². The first-order valence-electron chi connectivity index (χ1n) is 14.5. The smallest absolute Gasteiger partial charge is 0.425 e. The average molecular weight is 654 g/mol. The van der Waals surface area contributed by atoms with Gasteiger partial charge in [-0.15, -0.1) is 0 Å². The van der Waals surface area contributed by atoms with Crippen LogP contribution in [0.25, 0.3) is 10.8 Å². The third-order valence-corrected chi connectivity index (χ3v) is 6.91. The number of hydrogen-bond donors (Lipinski definition) is 2. The van der Waals surface area contributed by atoms with Crippen molar-refractivity contribution in [3.8, 4) is 5.75 Å². The van der Waals surface area contributed by atoms with Crippen LogP contribution in [0.1, 0.15) is 71.1 Å². The van der Waals surface area contributed by atoms with E-state index in [1.165, 1.54) is 18.3 Å². The molecule has 3 aromatic rings. The van der Waals surface area contributed by atoms with Crippen LogP contribution in [-0.4, -0.2) is 45.6 Å². The van der Waals surface area contributed by atoms with Crippen LogP contribution in [-0.2, 0) is 28.8 Å². The van der Waals surface area contributed by atoms with Crippen LogP contribution in [0.5, 0.6) is 5.75 Å². The number of nitrogens with one attached hydrogen (secondary N) is 1. The first-order chi connectivity index (χ1) is 21.3. The molecule has 1 fully saturated rings. The monoisotopic (exact) mass is 653 g/mol. The Morgan fingerprint density at radius 2 is 1.54 bits per heavy atom. The SMILES string of the molecule is CC(C)(C)OC(=O)N(C(=O)OC(C)(C)C)c1cc2c(CNC3CC(Oc4ccc(F)c(C(F)(F)F)c4)C3)c(F)cc(CO)c2cn1. The van der Waals surface area contributed by atoms with Gasteiger partial charge in [0.1, 0.15) is 40.5 Å². The highest BCUT2D eigenvalue weighted by Crippen LogP contribution is 2.36. The van der Waals surface area contributed by atoms with Gasteiger partial charge in [0.05, 0.1) is 12.2 Å². The molecule has 1 saturated carbocycles. The average Bonchev–Trinajstić information content (AvgIpc) is 2.88. The lowest BCUT2D eigenvalue weighted by atomic mass is 9.88. The summed E-state index contributed by atoms with van der Waals surface area (Å²) < 4.78 is 84.6. The number of pyridine rings is 1. The van der Waals surface area contributed by atoms with Gasteiger partial charge < -0.3 is 24.6 Å². The number of aromatic nitrogens is 1. The van der Waals surface area contributed by atoms with Gasteiger partial charge in [0.15, 0.2) is 0 Å². The minimum absolute atomic E-state index is 0.0253. The van der Waals surface area contributed by atoms with E-state index in [-0.39, 0.29) is 40.7 Å². The van der Waals surface area contributed by atoms with Gasteiger partial charge in [-0.3, -0.25) is 0 Å². The first kappa shape index (κ1) is 34.8. The van der Waals surface area contributed by atoms with Crippen molar-refractivity contribution in [1.82, 2.24) is 10.3 Å². The molecule has 0 unspecified atom stereocenters. The molecule has 0 spiro atoms. The third kappa shape index (κ3) is 8.40. The predicted octanol–water partition coefficient (Wildman–Crippen LogP) is 7.40. The second-order valence-electron chi connectivity index (χ2n) is 13.0. The van der Waals surface area contributed by atoms with Gasteiger partial charge in [-0.05, 0) is 95.7 Å². The number of nitrogens with zero attached hydrogens (tertiary/aromatic N) is 2. The van der Waals surface area contributed by atoms with Crippen LogP contribution < -0.4 is 15.0 Å². The number of aliphatic hydroxyl groups excluding tert-OH is 1. The van der Waals surface area contributed by atoms with E-state index < -0.39 is 59.5 Å². The Morgan fingerprint density at radius 1 is 0.935 bits per heavy atom. The number of fused-ring (bicyclic) bond motifs is 1. The van der Waals surface area contributed by atoms with Crippen LogP contribution in [0.15, 0.2) is 36.5 Å². The molecule has 4 rings (SSSR count). The highest BCUT2D eigenvalue weighted by molar-refractivity contribution is 6.09. The lowest BCUT2D eigenvalue weighted by Crippen LogP contribution is -2.46. The summed E-state index contributed by atoms with van der Waals surface area (Å²) in [5, 5.41) is 13.7. The Bertz CT molecular complexity index is 1580. The fraction of sp³-hybridized carbons (Fsp3) is 0.469. The number of rotatable bonds is 7. The second kappa shape index (κ2) is 13.0. The minimum atomic E-state index is -4.86. The molecule has 14 heteroatoms. The van der Waals surface area contributed by atoms with Crippen LogP contribution in [0.2, 0.25) is 0 Å². The van der Waals surface area contributed by atoms with Crippen molar-refractivity contribution in [3.63, 3.8) is 0 Å². The molecule has 2 N–H and O–H groups in total. The summed E-state index contributed by atoms with van der Waals surface area (Å²) in [7, 11) is 0. The molecule has 1 aliphatic rings. The quantitative estimate of drug-likeness (QED) is 0.254. The molecule has 1 heterocycles. The molecule has 1 aromatic heterocycles. The number of benzene rings is 2. The second-order valence-corrected chi connectivity index (χ2v) is 13.0. The Balaban J connectivity index is 1.57. The lowest BCUT2D eigenvalue weighted by Gasteiger charge is -2.36. The summed E-state index contributed by atoms with van der Waals surface area (Å²) in [5.74, 6) is -2.37. The largest absolute Gasteiger partial charge is 0.490 e. The molecule has 0 saturated heterocycles. The Hall–Kier alpha value is -4.04. The Labute approximate surface area is 262 Å². The molecule has 0 aliphatic heterocycles. The highest BCUT2D eigenvalue weighted by Gasteiger charge is 2.37. The van der Waals surface area contributed by atoms with Crippen LogP contribution in [0.4, 0.5) is 37.4 Å². The fourth-order valence-corrected chi connectivity index (χ4v) is 4.77. The molecule has 46 heavy (non-hydrogen) atoms. The zero-order valence-electron chi connectivity index (χ0n) is 26.2. The maximum atomic E-state index is 15.4. The molecule has 0 bridgehead atoms. The van der Waals surface area contributed by atoms with Crippen molar-refractivity contribution < 1.29 is 50.9 Å². The standard InChI is InChI=1S/C32H36F5N3O6/c1-30(2,3)45-28(42)40(29(43)46-31(4,5)6)27-13-21-22(14-39-27)17(16-41)9-26(34)23(21)15-38-18-10-20(11-18)44-19-7-8-25(33)24(12-19)32(35,36)37/h7-9,12-14,18,20,38,41H,10-11,15-16H2,1-6H3. The minimum Gasteiger partial charge on any atom is -0.490 e. The normalized spacial score (nSPS) is 17.0. The van der Waals surface area contributed by atoms with Gasteiger partial charge in [-0.2, -0.15) is 18.1 Å². The molecular weight excluding hydrogens is 617 g/mol. The van der Waals surface area contributed by atoms with Gasteiger partial charge in [0.2, 0.25) is 0 Å². The van der Waals surface area contributed by atoms with Crippen LogP contribution in [0.3, 0.4) is 0 Å². The van der Waals surface area contributed by atoms with Crippen molar-refractivity contribution in [2.24, 2.45) is 0 Å². The van der Waals surface area contributed by atoms with Gasteiger partial charge in [-0.1, -0.05) is 0 Å². The zero-order valence-corrected chi connectivity index (χ0v) is 26.2. The number of amides is 2. The first-order valence-corrected chi connectivity index (χ1v) is 14.5. The highest BCUT2D eigenvalue weighted by atomic mass is 19.4. The summed E-state index contributed by atoms with van der Waals surface area (Å²) in [5.41, 5.74) is -2.98. The molecule has 2 amide bonds. The summed E-state index contributed by atoms with van der Waals surface area (Å²) in [6, 6.07) is 4.75. The van der Waals surface area contributed by atoms with Crippen LogP contribution >= 0.6 is 0 Å². The molecule has 0 radical (unpaired) electrons. The number of halogens is 5. The van der Waals surface area contributed by atoms with Crippen molar-refractivity contribution in [1.29, 1.82) is 0 Å². The summed E-state index contributed by atoms with van der Waals surface area (Å²) in [6.07, 6.45) is -5.36. The summed E-state index contributed by atoms with van der Waals surface area (Å²) in [4.78, 5) is 31.2. The fourth-order valence-electron chi connectivity index (χ4n) is 4.77. The van der Waals surface area contributed by atoms with Gasteiger partial charge in [-0.25, -0.2) is 23.4 Å². The predicted molar refractivity (Wildman–Crippen MR) is 158 cm³/mol. The number of hydrogen-bond acceptors (Lipinski definition) is 8. The van der Waals surface area contributed by atoms with Crippen molar-refractivity contribution in [2.45, 2.75) is 97.1 Å². The van der Waals surface area contributed by atoms with E-state index in [4.69, 9.17) is 14.2 Å². The maximum absolute atomic E-state index is 15.4. The lowest BCUT2D eigenvalue weighted by molar-refractivity contribution is -0.140. The van der Waals surface area contributed by atoms with E-state index in [9.17, 15) is 32.3 Å². The number of imide groups is 1. The van der Waals surface area contributed by atoms with E-state index in [0.717, 1.165) is 6.07 Å². The van der Waals surface area contributed by atoms with Crippen molar-refractivity contribution in [2.75, 3.05) is 4.90 Å². The maximum Gasteiger partial charge on any atom is 0.425 e. The molecule has 9 nitrogen and oxygen atoms in total. The topological polar surface area (TPSA) is 110 Å². The number of carbonyl (C=O) groups is 2. The Morgan fingerprint density at radius 3 is 2.09 bits per heavy atom. The van der Waals surface area contributed by atoms with E-state index in [1.54, 1.807) is 41.5 Å². The number of aliphatic hydroxyl groups is 1. The van der Waals surface area contributed by atoms with E-state index in [2.05, 4.69) is 10.3 Å². The molecule has 250 valence electrons. The molecular formula is C32H36F5N3O6. The number of carbonyl (C=O) groups excluding carboxylic acids is 2. The zero-order chi connectivity index (χ0) is 34.2.